The zero-order valence-electron chi connectivity index (χ0n) is 23.2. The van der Waals surface area contributed by atoms with Crippen molar-refractivity contribution in [3.8, 4) is 17.0 Å². The van der Waals surface area contributed by atoms with E-state index in [1.54, 1.807) is 0 Å². The monoisotopic (exact) mass is 533 g/mol. The largest absolute Gasteiger partial charge is 0.493 e. The molecule has 0 saturated heterocycles. The summed E-state index contributed by atoms with van der Waals surface area (Å²) in [7, 11) is 0. The molecule has 1 atom stereocenters. The number of hydrogen-bond acceptors (Lipinski definition) is 6. The van der Waals surface area contributed by atoms with Crippen molar-refractivity contribution in [3.05, 3.63) is 41.3 Å². The van der Waals surface area contributed by atoms with Gasteiger partial charge < -0.3 is 25.5 Å². The molecule has 4 N–H and O–H groups in total. The minimum Gasteiger partial charge on any atom is -0.493 e. The van der Waals surface area contributed by atoms with Crippen LogP contribution < -0.4 is 15.4 Å². The van der Waals surface area contributed by atoms with E-state index in [1.807, 2.05) is 13.0 Å². The molecule has 0 spiro atoms. The lowest BCUT2D eigenvalue weighted by Crippen LogP contribution is -2.46. The highest BCUT2D eigenvalue weighted by molar-refractivity contribution is 6.09. The number of nitrogens with zero attached hydrogens (tertiary/aromatic N) is 2. The average molecular weight is 534 g/mol. The average Bonchev–Trinajstić information content (AvgIpc) is 3.67. The van der Waals surface area contributed by atoms with E-state index in [2.05, 4.69) is 51.6 Å². The molecule has 0 aliphatic heterocycles. The van der Waals surface area contributed by atoms with E-state index in [1.165, 1.54) is 31.7 Å². The lowest BCUT2D eigenvalue weighted by atomic mass is 9.90. The Hall–Kier alpha value is -3.46. The van der Waals surface area contributed by atoms with Crippen LogP contribution in [-0.2, 0) is 4.79 Å². The Morgan fingerprint density at radius 1 is 1.05 bits per heavy atom. The Kier molecular flexibility index (Phi) is 7.88. The Balaban J connectivity index is 1.38. The summed E-state index contributed by atoms with van der Waals surface area (Å²) in [4.78, 5) is 37.8. The second kappa shape index (κ2) is 11.3. The summed E-state index contributed by atoms with van der Waals surface area (Å²) in [6.07, 6.45) is 5.92. The molecule has 0 radical (unpaired) electrons. The van der Waals surface area contributed by atoms with Crippen molar-refractivity contribution in [1.82, 2.24) is 25.6 Å². The van der Waals surface area contributed by atoms with Crippen molar-refractivity contribution in [2.45, 2.75) is 90.3 Å². The summed E-state index contributed by atoms with van der Waals surface area (Å²) in [6, 6.07) is 6.30. The smallest absolute Gasteiger partial charge is 0.255 e. The van der Waals surface area contributed by atoms with Gasteiger partial charge in [0, 0.05) is 23.3 Å². The van der Waals surface area contributed by atoms with Crippen molar-refractivity contribution in [2.75, 3.05) is 6.61 Å². The van der Waals surface area contributed by atoms with Crippen LogP contribution in [0.1, 0.15) is 86.8 Å². The number of amides is 2. The molecule has 5 rings (SSSR count). The van der Waals surface area contributed by atoms with Gasteiger partial charge in [0.15, 0.2) is 0 Å². The number of nitrogens with one attached hydrogen (secondary N) is 3. The lowest BCUT2D eigenvalue weighted by Gasteiger charge is -2.30. The van der Waals surface area contributed by atoms with E-state index >= 15 is 0 Å². The van der Waals surface area contributed by atoms with Crippen molar-refractivity contribution in [2.24, 2.45) is 5.92 Å². The Morgan fingerprint density at radius 3 is 2.38 bits per heavy atom. The molecule has 0 bridgehead atoms. The van der Waals surface area contributed by atoms with E-state index in [4.69, 9.17) is 4.74 Å². The molecular formula is C30H39N5O4. The maximum atomic E-state index is 13.5. The second-order valence-electron chi connectivity index (χ2n) is 11.4. The van der Waals surface area contributed by atoms with Gasteiger partial charge in [0.1, 0.15) is 29.4 Å². The van der Waals surface area contributed by atoms with E-state index in [0.29, 0.717) is 29.5 Å². The summed E-state index contributed by atoms with van der Waals surface area (Å²) < 4.78 is 6.24. The number of carbonyl (C=O) groups is 2. The van der Waals surface area contributed by atoms with Gasteiger partial charge in [0.2, 0.25) is 5.91 Å². The second-order valence-corrected chi connectivity index (χ2v) is 11.4. The molecule has 1 aromatic carbocycles. The van der Waals surface area contributed by atoms with Crippen LogP contribution in [0.3, 0.4) is 0 Å². The first-order valence-electron chi connectivity index (χ1n) is 14.1. The number of rotatable bonds is 9. The van der Waals surface area contributed by atoms with Crippen molar-refractivity contribution in [3.63, 3.8) is 0 Å². The molecule has 2 aliphatic carbocycles. The van der Waals surface area contributed by atoms with E-state index < -0.39 is 6.10 Å². The molecule has 2 fully saturated rings. The van der Waals surface area contributed by atoms with Crippen LogP contribution >= 0.6 is 0 Å². The van der Waals surface area contributed by atoms with Gasteiger partial charge in [-0.3, -0.25) is 9.59 Å². The number of aromatic amines is 1. The van der Waals surface area contributed by atoms with Gasteiger partial charge in [-0.15, -0.1) is 0 Å². The molecule has 2 amide bonds. The summed E-state index contributed by atoms with van der Waals surface area (Å²) in [6.45, 7) is 8.37. The van der Waals surface area contributed by atoms with Gasteiger partial charge in [0.05, 0.1) is 17.7 Å². The summed E-state index contributed by atoms with van der Waals surface area (Å²) in [5, 5.41) is 15.5. The molecule has 2 heterocycles. The summed E-state index contributed by atoms with van der Waals surface area (Å²) in [5.74, 6) is 1.25. The minimum atomic E-state index is -1.02. The molecule has 2 aromatic heterocycles. The van der Waals surface area contributed by atoms with Gasteiger partial charge in [-0.25, -0.2) is 9.97 Å². The number of fused-ring (bicyclic) bond motifs is 1. The fourth-order valence-electron chi connectivity index (χ4n) is 5.27. The van der Waals surface area contributed by atoms with Crippen molar-refractivity contribution >= 4 is 22.8 Å². The Bertz CT molecular complexity index is 1350. The number of hydrogen-bond donors (Lipinski definition) is 4. The van der Waals surface area contributed by atoms with Crippen LogP contribution in [0.25, 0.3) is 22.3 Å². The third-order valence-corrected chi connectivity index (χ3v) is 7.88. The number of aliphatic hydroxyl groups is 1. The van der Waals surface area contributed by atoms with Gasteiger partial charge in [-0.2, -0.15) is 0 Å². The molecule has 2 aliphatic rings. The molecule has 39 heavy (non-hydrogen) atoms. The zero-order valence-corrected chi connectivity index (χ0v) is 23.2. The summed E-state index contributed by atoms with van der Waals surface area (Å²) in [5.41, 5.74) is 5.40. The van der Waals surface area contributed by atoms with Crippen LogP contribution in [0.5, 0.6) is 5.75 Å². The van der Waals surface area contributed by atoms with Crippen LogP contribution in [-0.4, -0.2) is 56.7 Å². The number of benzene rings is 1. The first kappa shape index (κ1) is 27.1. The normalized spacial score (nSPS) is 20.2. The maximum absolute atomic E-state index is 13.5. The fraction of sp³-hybridized carbons (Fsp3) is 0.533. The molecular weight excluding hydrogens is 494 g/mol. The van der Waals surface area contributed by atoms with Crippen LogP contribution in [0.15, 0.2) is 24.5 Å². The van der Waals surface area contributed by atoms with Gasteiger partial charge in [-0.05, 0) is 81.9 Å². The standard InChI is InChI=1S/C30H39N5O4/c1-16(2)20-7-12-24(39-14-19-5-6-19)23(13-20)26-28-27(32-15-31-26)25(17(3)33-28)30(38)35-22-10-8-21(9-11-22)34-29(37)18(4)36/h7,12-13,15-16,18-19,21-22,33,36H,5-6,8-11,14H2,1-4H3,(H,34,37)(H,35,38)/t18-,21-,22+/m0/s1. The third kappa shape index (κ3) is 6.08. The number of ether oxygens (including phenoxy) is 1. The van der Waals surface area contributed by atoms with Crippen molar-refractivity contribution < 1.29 is 19.4 Å². The van der Waals surface area contributed by atoms with Gasteiger partial charge in [-0.1, -0.05) is 19.9 Å². The van der Waals surface area contributed by atoms with Gasteiger partial charge >= 0.3 is 0 Å². The number of aliphatic hydroxyl groups excluding tert-OH is 1. The molecule has 2 saturated carbocycles. The molecule has 208 valence electrons. The number of carbonyl (C=O) groups excluding carboxylic acids is 2. The van der Waals surface area contributed by atoms with Crippen molar-refractivity contribution in [1.29, 1.82) is 0 Å². The number of H-pyrrole nitrogens is 1. The quantitative estimate of drug-likeness (QED) is 0.323. The predicted molar refractivity (Wildman–Crippen MR) is 150 cm³/mol. The molecule has 9 heteroatoms. The highest BCUT2D eigenvalue weighted by Crippen LogP contribution is 2.38. The third-order valence-electron chi connectivity index (χ3n) is 7.88. The van der Waals surface area contributed by atoms with E-state index in [-0.39, 0.29) is 23.9 Å². The predicted octanol–water partition coefficient (Wildman–Crippen LogP) is 4.38. The molecule has 3 aromatic rings. The molecule has 9 nitrogen and oxygen atoms in total. The Morgan fingerprint density at radius 2 is 1.74 bits per heavy atom. The minimum absolute atomic E-state index is 0.00742. The Labute approximate surface area is 229 Å². The number of aromatic nitrogens is 3. The highest BCUT2D eigenvalue weighted by Gasteiger charge is 2.28. The maximum Gasteiger partial charge on any atom is 0.255 e. The molecule has 0 unspecified atom stereocenters. The summed E-state index contributed by atoms with van der Waals surface area (Å²) >= 11 is 0. The topological polar surface area (TPSA) is 129 Å². The lowest BCUT2D eigenvalue weighted by molar-refractivity contribution is -0.129. The SMILES string of the molecule is Cc1[nH]c2c(-c3cc(C(C)C)ccc3OCC3CC3)ncnc2c1C(=O)N[C@H]1CC[C@@H](NC(=O)[C@H](C)O)CC1. The van der Waals surface area contributed by atoms with E-state index in [0.717, 1.165) is 53.9 Å². The fourth-order valence-corrected chi connectivity index (χ4v) is 5.27. The van der Waals surface area contributed by atoms with Gasteiger partial charge in [0.25, 0.3) is 5.91 Å². The number of aryl methyl sites for hydroxylation is 1. The first-order valence-corrected chi connectivity index (χ1v) is 14.1. The first-order chi connectivity index (χ1) is 18.7. The van der Waals surface area contributed by atoms with Crippen LogP contribution in [0, 0.1) is 12.8 Å². The van der Waals surface area contributed by atoms with Crippen LogP contribution in [0.2, 0.25) is 0 Å². The van der Waals surface area contributed by atoms with Crippen LogP contribution in [0.4, 0.5) is 0 Å². The highest BCUT2D eigenvalue weighted by atomic mass is 16.5. The zero-order chi connectivity index (χ0) is 27.7. The van der Waals surface area contributed by atoms with E-state index in [9.17, 15) is 14.7 Å².